The van der Waals surface area contributed by atoms with E-state index >= 15 is 0 Å². The van der Waals surface area contributed by atoms with Crippen molar-refractivity contribution in [2.24, 2.45) is 0 Å². The molecule has 2 aromatic carbocycles. The molecule has 0 aliphatic carbocycles. The van der Waals surface area contributed by atoms with Crippen molar-refractivity contribution in [3.05, 3.63) is 82.0 Å². The lowest BCUT2D eigenvalue weighted by molar-refractivity contribution is 0.588. The summed E-state index contributed by atoms with van der Waals surface area (Å²) in [7, 11) is 0. The topological polar surface area (TPSA) is 63.6 Å². The number of hydrogen-bond acceptors (Lipinski definition) is 3. The average molecular weight is 302 g/mol. The molecule has 0 spiro atoms. The molecule has 5 heteroatoms. The lowest BCUT2D eigenvalue weighted by atomic mass is 10.1. The fraction of sp³-hybridized carbons (Fsp3) is 0.167. The summed E-state index contributed by atoms with van der Waals surface area (Å²) >= 11 is 0. The molecule has 0 fully saturated rings. The number of aryl methyl sites for hydroxylation is 1. The Balaban J connectivity index is 1.79. The van der Waals surface area contributed by atoms with Crippen LogP contribution in [-0.2, 0) is 6.42 Å². The summed E-state index contributed by atoms with van der Waals surface area (Å²) in [5.41, 5.74) is 2.25. The first-order chi connectivity index (χ1) is 11.3. The molecule has 5 nitrogen and oxygen atoms in total. The van der Waals surface area contributed by atoms with Crippen LogP contribution in [0.1, 0.15) is 29.4 Å². The fourth-order valence-corrected chi connectivity index (χ4v) is 3.13. The van der Waals surface area contributed by atoms with Gasteiger partial charge in [0.1, 0.15) is 5.82 Å². The minimum atomic E-state index is -0.129. The van der Waals surface area contributed by atoms with Gasteiger partial charge in [0.2, 0.25) is 0 Å². The second kappa shape index (κ2) is 5.25. The van der Waals surface area contributed by atoms with Gasteiger partial charge in [-0.15, -0.1) is 5.10 Å². The molecule has 4 rings (SSSR count). The van der Waals surface area contributed by atoms with Crippen molar-refractivity contribution >= 4 is 0 Å². The Hall–Kier alpha value is -3.13. The molecule has 0 bridgehead atoms. The average Bonchev–Trinajstić information content (AvgIpc) is 3.16. The third-order valence-electron chi connectivity index (χ3n) is 4.26. The van der Waals surface area contributed by atoms with Gasteiger partial charge in [0.05, 0.1) is 23.4 Å². The first-order valence-electron chi connectivity index (χ1n) is 7.54. The molecule has 1 aliphatic rings. The Kier molecular flexibility index (Phi) is 3.09. The molecule has 0 N–H and O–H groups in total. The molecular weight excluding hydrogens is 288 g/mol. The van der Waals surface area contributed by atoms with Gasteiger partial charge < -0.3 is 0 Å². The highest BCUT2D eigenvalue weighted by molar-refractivity contribution is 5.38. The smallest absolute Gasteiger partial charge is 0.271 e. The Labute approximate surface area is 133 Å². The summed E-state index contributed by atoms with van der Waals surface area (Å²) in [5, 5.41) is 13.3. The van der Waals surface area contributed by atoms with Gasteiger partial charge in [-0.2, -0.15) is 9.94 Å². The zero-order valence-electron chi connectivity index (χ0n) is 12.4. The summed E-state index contributed by atoms with van der Waals surface area (Å²) < 4.78 is 3.21. The first kappa shape index (κ1) is 13.5. The molecule has 1 atom stereocenters. The molecule has 0 radical (unpaired) electrons. The van der Waals surface area contributed by atoms with Gasteiger partial charge in [-0.1, -0.05) is 30.3 Å². The predicted molar refractivity (Wildman–Crippen MR) is 85.4 cm³/mol. The van der Waals surface area contributed by atoms with Crippen molar-refractivity contribution in [2.45, 2.75) is 18.9 Å². The number of benzene rings is 2. The minimum absolute atomic E-state index is 0.0471. The second-order valence-electron chi connectivity index (χ2n) is 5.60. The molecule has 1 aliphatic heterocycles. The molecule has 23 heavy (non-hydrogen) atoms. The normalized spacial score (nSPS) is 16.0. The summed E-state index contributed by atoms with van der Waals surface area (Å²) in [4.78, 5) is 12.8. The highest BCUT2D eigenvalue weighted by Gasteiger charge is 2.29. The van der Waals surface area contributed by atoms with E-state index in [4.69, 9.17) is 5.26 Å². The highest BCUT2D eigenvalue weighted by Crippen LogP contribution is 2.29. The predicted octanol–water partition coefficient (Wildman–Crippen LogP) is 2.44. The van der Waals surface area contributed by atoms with Crippen molar-refractivity contribution in [1.29, 1.82) is 5.26 Å². The maximum absolute atomic E-state index is 12.8. The summed E-state index contributed by atoms with van der Waals surface area (Å²) in [6, 6.07) is 19.1. The van der Waals surface area contributed by atoms with E-state index in [1.54, 1.807) is 28.8 Å². The van der Waals surface area contributed by atoms with E-state index in [-0.39, 0.29) is 11.7 Å². The Morgan fingerprint density at radius 3 is 2.52 bits per heavy atom. The quantitative estimate of drug-likeness (QED) is 0.730. The van der Waals surface area contributed by atoms with Crippen molar-refractivity contribution < 1.29 is 0 Å². The van der Waals surface area contributed by atoms with Gasteiger partial charge in [-0.05, 0) is 36.2 Å². The van der Waals surface area contributed by atoms with E-state index in [1.807, 2.05) is 30.3 Å². The number of fused-ring (bicyclic) bond motifs is 1. The standard InChI is InChI=1S/C18H14N4O/c19-12-13-6-8-15(9-7-13)22-18(23)21-16(10-11-17(21)20-22)14-4-2-1-3-5-14/h1-9,16H,10-11H2/t16-/m0/s1. The van der Waals surface area contributed by atoms with Crippen LogP contribution in [0.3, 0.4) is 0 Å². The largest absolute Gasteiger partial charge is 0.351 e. The van der Waals surface area contributed by atoms with E-state index in [1.165, 1.54) is 4.68 Å². The minimum Gasteiger partial charge on any atom is -0.271 e. The van der Waals surface area contributed by atoms with E-state index in [0.717, 1.165) is 24.2 Å². The molecule has 0 unspecified atom stereocenters. The van der Waals surface area contributed by atoms with Crippen LogP contribution in [0.5, 0.6) is 0 Å². The number of rotatable bonds is 2. The number of nitriles is 1. The zero-order valence-corrected chi connectivity index (χ0v) is 12.4. The van der Waals surface area contributed by atoms with Crippen LogP contribution in [-0.4, -0.2) is 14.3 Å². The molecule has 3 aromatic rings. The SMILES string of the molecule is N#Cc1ccc(-n2nc3n(c2=O)[C@H](c2ccccc2)CC3)cc1. The van der Waals surface area contributed by atoms with Gasteiger partial charge >= 0.3 is 5.69 Å². The summed E-state index contributed by atoms with van der Waals surface area (Å²) in [5.74, 6) is 0.813. The Morgan fingerprint density at radius 1 is 1.09 bits per heavy atom. The van der Waals surface area contributed by atoms with E-state index in [9.17, 15) is 4.79 Å². The fourth-order valence-electron chi connectivity index (χ4n) is 3.13. The van der Waals surface area contributed by atoms with Gasteiger partial charge in [-0.25, -0.2) is 4.79 Å². The van der Waals surface area contributed by atoms with Gasteiger partial charge in [0.25, 0.3) is 0 Å². The van der Waals surface area contributed by atoms with Crippen molar-refractivity contribution in [2.75, 3.05) is 0 Å². The zero-order chi connectivity index (χ0) is 15.8. The first-order valence-corrected chi connectivity index (χ1v) is 7.54. The van der Waals surface area contributed by atoms with Crippen molar-refractivity contribution in [1.82, 2.24) is 14.3 Å². The van der Waals surface area contributed by atoms with Crippen LogP contribution in [0, 0.1) is 11.3 Å². The molecule has 0 amide bonds. The number of hydrogen-bond donors (Lipinski definition) is 0. The number of nitrogens with zero attached hydrogens (tertiary/aromatic N) is 4. The lowest BCUT2D eigenvalue weighted by Gasteiger charge is -2.11. The lowest BCUT2D eigenvalue weighted by Crippen LogP contribution is -2.26. The van der Waals surface area contributed by atoms with Gasteiger partial charge in [0, 0.05) is 6.42 Å². The molecule has 1 aromatic heterocycles. The van der Waals surface area contributed by atoms with Crippen LogP contribution < -0.4 is 5.69 Å². The Bertz CT molecular complexity index is 945. The van der Waals surface area contributed by atoms with Crippen molar-refractivity contribution in [3.8, 4) is 11.8 Å². The van der Waals surface area contributed by atoms with Crippen molar-refractivity contribution in [3.63, 3.8) is 0 Å². The maximum atomic E-state index is 12.8. The van der Waals surface area contributed by atoms with E-state index < -0.39 is 0 Å². The van der Waals surface area contributed by atoms with Crippen LogP contribution >= 0.6 is 0 Å². The van der Waals surface area contributed by atoms with E-state index in [2.05, 4.69) is 11.2 Å². The molecular formula is C18H14N4O. The summed E-state index contributed by atoms with van der Waals surface area (Å²) in [6.45, 7) is 0. The monoisotopic (exact) mass is 302 g/mol. The molecule has 112 valence electrons. The molecule has 0 saturated heterocycles. The number of aromatic nitrogens is 3. The van der Waals surface area contributed by atoms with Crippen LogP contribution in [0.25, 0.3) is 5.69 Å². The Morgan fingerprint density at radius 2 is 1.83 bits per heavy atom. The second-order valence-corrected chi connectivity index (χ2v) is 5.60. The van der Waals surface area contributed by atoms with Crippen LogP contribution in [0.4, 0.5) is 0 Å². The van der Waals surface area contributed by atoms with Gasteiger partial charge in [0.15, 0.2) is 0 Å². The van der Waals surface area contributed by atoms with Crippen LogP contribution in [0.15, 0.2) is 59.4 Å². The third-order valence-corrected chi connectivity index (χ3v) is 4.26. The van der Waals surface area contributed by atoms with Gasteiger partial charge in [-0.3, -0.25) is 4.57 Å². The summed E-state index contributed by atoms with van der Waals surface area (Å²) in [6.07, 6.45) is 1.69. The highest BCUT2D eigenvalue weighted by atomic mass is 16.2. The molecule has 2 heterocycles. The third kappa shape index (κ3) is 2.16. The van der Waals surface area contributed by atoms with E-state index in [0.29, 0.717) is 11.3 Å². The molecule has 0 saturated carbocycles. The maximum Gasteiger partial charge on any atom is 0.351 e. The van der Waals surface area contributed by atoms with Crippen LogP contribution in [0.2, 0.25) is 0 Å².